The molecule has 1 aromatic carbocycles. The fourth-order valence-corrected chi connectivity index (χ4v) is 2.64. The lowest BCUT2D eigenvalue weighted by atomic mass is 10.1. The van der Waals surface area contributed by atoms with E-state index in [0.717, 1.165) is 29.5 Å². The number of likely N-dealkylation sites (N-methyl/N-ethyl adjacent to an activating group) is 1. The molecule has 18 heavy (non-hydrogen) atoms. The molecule has 1 aliphatic heterocycles. The van der Waals surface area contributed by atoms with Crippen LogP contribution in [0.5, 0.6) is 0 Å². The van der Waals surface area contributed by atoms with E-state index in [2.05, 4.69) is 33.2 Å². The van der Waals surface area contributed by atoms with Crippen LogP contribution in [-0.2, 0) is 6.54 Å². The van der Waals surface area contributed by atoms with Gasteiger partial charge in [0.2, 0.25) is 0 Å². The summed E-state index contributed by atoms with van der Waals surface area (Å²) in [5, 5.41) is 14.3. The van der Waals surface area contributed by atoms with E-state index in [9.17, 15) is 10.1 Å². The van der Waals surface area contributed by atoms with Crippen molar-refractivity contribution in [2.75, 3.05) is 20.1 Å². The highest BCUT2D eigenvalue weighted by molar-refractivity contribution is 9.10. The number of benzene rings is 1. The molecule has 6 heteroatoms. The fourth-order valence-electron chi connectivity index (χ4n) is 2.23. The molecule has 1 aromatic rings. The summed E-state index contributed by atoms with van der Waals surface area (Å²) >= 11 is 3.35. The third kappa shape index (κ3) is 3.28. The molecule has 5 nitrogen and oxygen atoms in total. The molecule has 1 N–H and O–H groups in total. The van der Waals surface area contributed by atoms with Crippen LogP contribution in [0.15, 0.2) is 22.7 Å². The monoisotopic (exact) mass is 313 g/mol. The van der Waals surface area contributed by atoms with Crippen molar-refractivity contribution < 1.29 is 4.92 Å². The first-order valence-electron chi connectivity index (χ1n) is 5.91. The molecule has 0 radical (unpaired) electrons. The SMILES string of the molecule is CN1CCC(NCc2cc(Br)ccc2[N+](=O)[O-])C1. The van der Waals surface area contributed by atoms with Gasteiger partial charge in [0.1, 0.15) is 0 Å². The average Bonchev–Trinajstić information content (AvgIpc) is 2.72. The Kier molecular flexibility index (Phi) is 4.31. The van der Waals surface area contributed by atoms with Crippen LogP contribution in [0.3, 0.4) is 0 Å². The van der Waals surface area contributed by atoms with Crippen molar-refractivity contribution >= 4 is 21.6 Å². The van der Waals surface area contributed by atoms with Crippen LogP contribution in [0.1, 0.15) is 12.0 Å². The van der Waals surface area contributed by atoms with Crippen LogP contribution in [0.25, 0.3) is 0 Å². The van der Waals surface area contributed by atoms with Gasteiger partial charge in [-0.3, -0.25) is 10.1 Å². The molecule has 98 valence electrons. The second-order valence-electron chi connectivity index (χ2n) is 4.66. The third-order valence-electron chi connectivity index (χ3n) is 3.21. The number of likely N-dealkylation sites (tertiary alicyclic amines) is 1. The number of nitrogens with one attached hydrogen (secondary N) is 1. The predicted molar refractivity (Wildman–Crippen MR) is 73.5 cm³/mol. The van der Waals surface area contributed by atoms with Gasteiger partial charge in [-0.15, -0.1) is 0 Å². The molecule has 2 rings (SSSR count). The van der Waals surface area contributed by atoms with Gasteiger partial charge in [0.25, 0.3) is 5.69 Å². The van der Waals surface area contributed by atoms with Crippen LogP contribution in [0, 0.1) is 10.1 Å². The number of nitro benzene ring substituents is 1. The summed E-state index contributed by atoms with van der Waals surface area (Å²) < 4.78 is 0.869. The Labute approximate surface area is 114 Å². The Morgan fingerprint density at radius 1 is 1.61 bits per heavy atom. The number of halogens is 1. The van der Waals surface area contributed by atoms with Crippen LogP contribution in [0.2, 0.25) is 0 Å². The summed E-state index contributed by atoms with van der Waals surface area (Å²) in [5.74, 6) is 0. The van der Waals surface area contributed by atoms with E-state index >= 15 is 0 Å². The molecule has 0 aromatic heterocycles. The quantitative estimate of drug-likeness (QED) is 0.683. The zero-order chi connectivity index (χ0) is 13.1. The van der Waals surface area contributed by atoms with Gasteiger partial charge in [-0.1, -0.05) is 15.9 Å². The molecule has 1 fully saturated rings. The largest absolute Gasteiger partial charge is 0.308 e. The molecule has 1 unspecified atom stereocenters. The molecular weight excluding hydrogens is 298 g/mol. The van der Waals surface area contributed by atoms with Crippen molar-refractivity contribution in [2.45, 2.75) is 19.0 Å². The molecule has 1 heterocycles. The Balaban J connectivity index is 2.04. The van der Waals surface area contributed by atoms with E-state index in [-0.39, 0.29) is 10.6 Å². The van der Waals surface area contributed by atoms with Gasteiger partial charge in [0, 0.05) is 35.2 Å². The number of rotatable bonds is 4. The van der Waals surface area contributed by atoms with Crippen molar-refractivity contribution in [1.82, 2.24) is 10.2 Å². The predicted octanol–water partition coefficient (Wildman–Crippen LogP) is 2.15. The van der Waals surface area contributed by atoms with E-state index in [1.54, 1.807) is 12.1 Å². The van der Waals surface area contributed by atoms with Gasteiger partial charge in [-0.25, -0.2) is 0 Å². The summed E-state index contributed by atoms with van der Waals surface area (Å²) in [7, 11) is 2.09. The number of hydrogen-bond acceptors (Lipinski definition) is 4. The van der Waals surface area contributed by atoms with Crippen molar-refractivity contribution in [3.63, 3.8) is 0 Å². The third-order valence-corrected chi connectivity index (χ3v) is 3.70. The number of nitro groups is 1. The number of hydrogen-bond donors (Lipinski definition) is 1. The van der Waals surface area contributed by atoms with Gasteiger partial charge in [0.15, 0.2) is 0 Å². The molecule has 1 saturated heterocycles. The molecule has 0 spiro atoms. The Bertz CT molecular complexity index is 453. The summed E-state index contributed by atoms with van der Waals surface area (Å²) in [6, 6.07) is 5.48. The van der Waals surface area contributed by atoms with Gasteiger partial charge in [-0.05, 0) is 32.1 Å². The van der Waals surface area contributed by atoms with Gasteiger partial charge < -0.3 is 10.2 Å². The molecule has 0 bridgehead atoms. The van der Waals surface area contributed by atoms with Crippen molar-refractivity contribution in [1.29, 1.82) is 0 Å². The van der Waals surface area contributed by atoms with Crippen LogP contribution in [0.4, 0.5) is 5.69 Å². The first-order chi connectivity index (χ1) is 8.56. The Morgan fingerprint density at radius 2 is 2.39 bits per heavy atom. The highest BCUT2D eigenvalue weighted by atomic mass is 79.9. The van der Waals surface area contributed by atoms with E-state index in [1.165, 1.54) is 0 Å². The normalized spacial score (nSPS) is 20.2. The lowest BCUT2D eigenvalue weighted by Gasteiger charge is -2.13. The second-order valence-corrected chi connectivity index (χ2v) is 5.57. The zero-order valence-electron chi connectivity index (χ0n) is 10.2. The fraction of sp³-hybridized carbons (Fsp3) is 0.500. The summed E-state index contributed by atoms with van der Waals surface area (Å²) in [4.78, 5) is 12.9. The standard InChI is InChI=1S/C12H16BrN3O2/c1-15-5-4-11(8-15)14-7-9-6-10(13)2-3-12(9)16(17)18/h2-3,6,11,14H,4-5,7-8H2,1H3. The van der Waals surface area contributed by atoms with Crippen molar-refractivity contribution in [3.05, 3.63) is 38.3 Å². The maximum Gasteiger partial charge on any atom is 0.273 e. The molecular formula is C12H16BrN3O2. The molecule has 0 saturated carbocycles. The Morgan fingerprint density at radius 3 is 3.00 bits per heavy atom. The first kappa shape index (κ1) is 13.5. The van der Waals surface area contributed by atoms with E-state index in [0.29, 0.717) is 12.6 Å². The van der Waals surface area contributed by atoms with Crippen molar-refractivity contribution in [3.8, 4) is 0 Å². The lowest BCUT2D eigenvalue weighted by Crippen LogP contribution is -2.31. The first-order valence-corrected chi connectivity index (χ1v) is 6.70. The minimum atomic E-state index is -0.329. The molecule has 1 aliphatic rings. The maximum atomic E-state index is 10.9. The van der Waals surface area contributed by atoms with Crippen LogP contribution < -0.4 is 5.32 Å². The van der Waals surface area contributed by atoms with E-state index in [4.69, 9.17) is 0 Å². The molecule has 1 atom stereocenters. The highest BCUT2D eigenvalue weighted by Crippen LogP contribution is 2.23. The van der Waals surface area contributed by atoms with Crippen LogP contribution >= 0.6 is 15.9 Å². The summed E-state index contributed by atoms with van der Waals surface area (Å²) in [5.41, 5.74) is 0.904. The van der Waals surface area contributed by atoms with Gasteiger partial charge in [-0.2, -0.15) is 0 Å². The lowest BCUT2D eigenvalue weighted by molar-refractivity contribution is -0.385. The average molecular weight is 314 g/mol. The maximum absolute atomic E-state index is 10.9. The summed E-state index contributed by atoms with van der Waals surface area (Å²) in [6.45, 7) is 2.62. The van der Waals surface area contributed by atoms with E-state index < -0.39 is 0 Å². The minimum Gasteiger partial charge on any atom is -0.308 e. The second kappa shape index (κ2) is 5.77. The topological polar surface area (TPSA) is 58.4 Å². The van der Waals surface area contributed by atoms with Crippen LogP contribution in [-0.4, -0.2) is 36.0 Å². The Hall–Kier alpha value is -0.980. The zero-order valence-corrected chi connectivity index (χ0v) is 11.8. The van der Waals surface area contributed by atoms with Gasteiger partial charge >= 0.3 is 0 Å². The van der Waals surface area contributed by atoms with Crippen molar-refractivity contribution in [2.24, 2.45) is 0 Å². The molecule has 0 aliphatic carbocycles. The molecule has 0 amide bonds. The van der Waals surface area contributed by atoms with E-state index in [1.807, 2.05) is 6.07 Å². The summed E-state index contributed by atoms with van der Waals surface area (Å²) in [6.07, 6.45) is 1.10. The minimum absolute atomic E-state index is 0.178. The highest BCUT2D eigenvalue weighted by Gasteiger charge is 2.20. The van der Waals surface area contributed by atoms with Gasteiger partial charge in [0.05, 0.1) is 4.92 Å². The smallest absolute Gasteiger partial charge is 0.273 e. The number of nitrogens with zero attached hydrogens (tertiary/aromatic N) is 2.